The van der Waals surface area contributed by atoms with Crippen molar-refractivity contribution in [2.24, 2.45) is 0 Å². The molecule has 28 heavy (non-hydrogen) atoms. The first-order chi connectivity index (χ1) is 13.7. The van der Waals surface area contributed by atoms with Gasteiger partial charge in [-0.2, -0.15) is 0 Å². The largest absolute Gasteiger partial charge is 0.356 e. The normalized spacial score (nSPS) is 10.1. The number of para-hydroxylation sites is 1. The number of hydrogen-bond donors (Lipinski definition) is 3. The van der Waals surface area contributed by atoms with Crippen LogP contribution in [0, 0.1) is 0 Å². The molecule has 0 aromatic heterocycles. The van der Waals surface area contributed by atoms with Crippen molar-refractivity contribution in [2.75, 3.05) is 17.2 Å². The second-order valence-corrected chi connectivity index (χ2v) is 6.38. The second kappa shape index (κ2) is 9.92. The van der Waals surface area contributed by atoms with E-state index in [2.05, 4.69) is 16.0 Å². The van der Waals surface area contributed by atoms with Crippen LogP contribution >= 0.6 is 0 Å². The monoisotopic (exact) mass is 373 g/mol. The summed E-state index contributed by atoms with van der Waals surface area (Å²) in [5.74, 6) is -0.223. The Morgan fingerprint density at radius 3 is 1.89 bits per heavy atom. The topological polar surface area (TPSA) is 70.2 Å². The third-order valence-corrected chi connectivity index (χ3v) is 4.11. The molecule has 3 aromatic rings. The van der Waals surface area contributed by atoms with Crippen LogP contribution in [0.4, 0.5) is 17.1 Å². The van der Waals surface area contributed by atoms with Gasteiger partial charge >= 0.3 is 0 Å². The van der Waals surface area contributed by atoms with E-state index in [4.69, 9.17) is 0 Å². The van der Waals surface area contributed by atoms with E-state index in [9.17, 15) is 9.59 Å². The zero-order chi connectivity index (χ0) is 19.6. The molecule has 0 aliphatic carbocycles. The van der Waals surface area contributed by atoms with Crippen molar-refractivity contribution in [3.63, 3.8) is 0 Å². The van der Waals surface area contributed by atoms with Crippen molar-refractivity contribution >= 4 is 28.9 Å². The molecular formula is C23H23N3O2. The first-order valence-electron chi connectivity index (χ1n) is 9.22. The van der Waals surface area contributed by atoms with Crippen molar-refractivity contribution in [3.05, 3.63) is 90.5 Å². The van der Waals surface area contributed by atoms with Crippen molar-refractivity contribution in [1.82, 2.24) is 5.32 Å². The van der Waals surface area contributed by atoms with Crippen LogP contribution in [-0.4, -0.2) is 18.4 Å². The molecule has 0 heterocycles. The van der Waals surface area contributed by atoms with E-state index in [-0.39, 0.29) is 18.2 Å². The summed E-state index contributed by atoms with van der Waals surface area (Å²) in [6.07, 6.45) is 0.545. The number of nitrogens with one attached hydrogen (secondary N) is 3. The predicted octanol–water partition coefficient (Wildman–Crippen LogP) is 4.12. The molecule has 142 valence electrons. The van der Waals surface area contributed by atoms with Gasteiger partial charge in [0.05, 0.1) is 6.42 Å². The van der Waals surface area contributed by atoms with Gasteiger partial charge in [0.2, 0.25) is 11.8 Å². The Bertz CT molecular complexity index is 894. The first-order valence-corrected chi connectivity index (χ1v) is 9.22. The third-order valence-electron chi connectivity index (χ3n) is 4.11. The molecule has 0 fully saturated rings. The lowest BCUT2D eigenvalue weighted by Gasteiger charge is -2.09. The van der Waals surface area contributed by atoms with E-state index >= 15 is 0 Å². The quantitative estimate of drug-likeness (QED) is 0.556. The summed E-state index contributed by atoms with van der Waals surface area (Å²) in [6, 6.07) is 26.9. The van der Waals surface area contributed by atoms with Gasteiger partial charge in [0, 0.05) is 30.0 Å². The molecule has 0 aliphatic heterocycles. The van der Waals surface area contributed by atoms with Crippen LogP contribution in [0.1, 0.15) is 12.0 Å². The molecule has 0 unspecified atom stereocenters. The summed E-state index contributed by atoms with van der Waals surface area (Å²) < 4.78 is 0. The second-order valence-electron chi connectivity index (χ2n) is 6.38. The van der Waals surface area contributed by atoms with Crippen LogP contribution < -0.4 is 16.0 Å². The summed E-state index contributed by atoms with van der Waals surface area (Å²) in [6.45, 7) is 0.311. The van der Waals surface area contributed by atoms with E-state index in [1.807, 2.05) is 84.9 Å². The van der Waals surface area contributed by atoms with E-state index in [0.29, 0.717) is 13.0 Å². The Kier molecular flexibility index (Phi) is 6.79. The number of hydrogen-bond acceptors (Lipinski definition) is 3. The van der Waals surface area contributed by atoms with Gasteiger partial charge < -0.3 is 16.0 Å². The van der Waals surface area contributed by atoms with E-state index in [1.54, 1.807) is 0 Å². The van der Waals surface area contributed by atoms with Gasteiger partial charge in [-0.15, -0.1) is 0 Å². The summed E-state index contributed by atoms with van der Waals surface area (Å²) >= 11 is 0. The minimum Gasteiger partial charge on any atom is -0.356 e. The fourth-order valence-electron chi connectivity index (χ4n) is 2.71. The van der Waals surface area contributed by atoms with E-state index < -0.39 is 0 Å². The highest BCUT2D eigenvalue weighted by atomic mass is 16.2. The van der Waals surface area contributed by atoms with Gasteiger partial charge in [0.15, 0.2) is 0 Å². The Morgan fingerprint density at radius 1 is 0.643 bits per heavy atom. The van der Waals surface area contributed by atoms with Crippen molar-refractivity contribution in [2.45, 2.75) is 12.8 Å². The highest BCUT2D eigenvalue weighted by Crippen LogP contribution is 2.18. The van der Waals surface area contributed by atoms with Crippen LogP contribution in [0.15, 0.2) is 84.9 Å². The number of carbonyl (C=O) groups excluding carboxylic acids is 2. The maximum atomic E-state index is 12.1. The first kappa shape index (κ1) is 19.2. The Labute approximate surface area is 164 Å². The van der Waals surface area contributed by atoms with Crippen LogP contribution in [0.3, 0.4) is 0 Å². The lowest BCUT2D eigenvalue weighted by molar-refractivity contribution is -0.120. The van der Waals surface area contributed by atoms with Gasteiger partial charge in [0.25, 0.3) is 0 Å². The summed E-state index contributed by atoms with van der Waals surface area (Å²) in [4.78, 5) is 23.9. The lowest BCUT2D eigenvalue weighted by Crippen LogP contribution is -2.28. The lowest BCUT2D eigenvalue weighted by atomic mass is 10.1. The van der Waals surface area contributed by atoms with Crippen LogP contribution in [0.25, 0.3) is 0 Å². The maximum absolute atomic E-state index is 12.1. The van der Waals surface area contributed by atoms with Crippen molar-refractivity contribution in [1.29, 1.82) is 0 Å². The van der Waals surface area contributed by atoms with E-state index in [0.717, 1.165) is 22.6 Å². The predicted molar refractivity (Wildman–Crippen MR) is 113 cm³/mol. The number of carbonyl (C=O) groups is 2. The van der Waals surface area contributed by atoms with Crippen LogP contribution in [0.5, 0.6) is 0 Å². The number of rotatable bonds is 8. The van der Waals surface area contributed by atoms with E-state index in [1.165, 1.54) is 0 Å². The fraction of sp³-hybridized carbons (Fsp3) is 0.130. The molecule has 3 rings (SSSR count). The standard InChI is InChI=1S/C23H23N3O2/c27-22(15-16-24-23(28)17-18-7-3-1-4-8-18)26-21-13-11-20(12-14-21)25-19-9-5-2-6-10-19/h1-14,25H,15-17H2,(H,24,28)(H,26,27). The van der Waals surface area contributed by atoms with Gasteiger partial charge in [0.1, 0.15) is 0 Å². The Balaban J connectivity index is 1.39. The van der Waals surface area contributed by atoms with Crippen molar-refractivity contribution in [3.8, 4) is 0 Å². The summed E-state index contributed by atoms with van der Waals surface area (Å²) in [5, 5.41) is 8.90. The number of anilines is 3. The summed E-state index contributed by atoms with van der Waals surface area (Å²) in [5.41, 5.74) is 3.62. The Morgan fingerprint density at radius 2 is 1.21 bits per heavy atom. The minimum absolute atomic E-state index is 0.0876. The number of amides is 2. The van der Waals surface area contributed by atoms with Gasteiger partial charge in [-0.1, -0.05) is 48.5 Å². The Hall–Kier alpha value is -3.60. The molecule has 3 aromatic carbocycles. The molecular weight excluding hydrogens is 350 g/mol. The smallest absolute Gasteiger partial charge is 0.226 e. The van der Waals surface area contributed by atoms with Crippen LogP contribution in [-0.2, 0) is 16.0 Å². The molecule has 5 heteroatoms. The highest BCUT2D eigenvalue weighted by molar-refractivity contribution is 5.91. The molecule has 0 bridgehead atoms. The molecule has 0 atom stereocenters. The molecule has 5 nitrogen and oxygen atoms in total. The zero-order valence-corrected chi connectivity index (χ0v) is 15.5. The molecule has 2 amide bonds. The third kappa shape index (κ3) is 6.29. The van der Waals surface area contributed by atoms with Crippen molar-refractivity contribution < 1.29 is 9.59 Å². The molecule has 0 saturated heterocycles. The van der Waals surface area contributed by atoms with Crippen LogP contribution in [0.2, 0.25) is 0 Å². The average molecular weight is 373 g/mol. The molecule has 0 radical (unpaired) electrons. The maximum Gasteiger partial charge on any atom is 0.226 e. The van der Waals surface area contributed by atoms with Gasteiger partial charge in [-0.05, 0) is 42.0 Å². The number of benzene rings is 3. The molecule has 0 aliphatic rings. The van der Waals surface area contributed by atoms with Gasteiger partial charge in [-0.25, -0.2) is 0 Å². The minimum atomic E-state index is -0.135. The molecule has 0 saturated carbocycles. The SMILES string of the molecule is O=C(Cc1ccccc1)NCCC(=O)Nc1ccc(Nc2ccccc2)cc1. The fourth-order valence-corrected chi connectivity index (χ4v) is 2.71. The molecule has 0 spiro atoms. The average Bonchev–Trinajstić information content (AvgIpc) is 2.71. The summed E-state index contributed by atoms with van der Waals surface area (Å²) in [7, 11) is 0. The molecule has 3 N–H and O–H groups in total. The highest BCUT2D eigenvalue weighted by Gasteiger charge is 2.06. The van der Waals surface area contributed by atoms with Gasteiger partial charge in [-0.3, -0.25) is 9.59 Å². The zero-order valence-electron chi connectivity index (χ0n) is 15.5.